The van der Waals surface area contributed by atoms with E-state index in [-0.39, 0.29) is 18.0 Å². The highest BCUT2D eigenvalue weighted by molar-refractivity contribution is 7.90. The third-order valence-corrected chi connectivity index (χ3v) is 3.39. The predicted octanol–water partition coefficient (Wildman–Crippen LogP) is 0.664. The average Bonchev–Trinajstić information content (AvgIpc) is 2.29. The van der Waals surface area contributed by atoms with Crippen LogP contribution in [0, 0.1) is 11.6 Å². The number of sulfone groups is 1. The predicted molar refractivity (Wildman–Crippen MR) is 67.4 cm³/mol. The van der Waals surface area contributed by atoms with E-state index in [9.17, 15) is 22.0 Å². The summed E-state index contributed by atoms with van der Waals surface area (Å²) < 4.78 is 48.4. The Labute approximate surface area is 109 Å². The largest absolute Gasteiger partial charge is 0.396 e. The Morgan fingerprint density at radius 2 is 1.89 bits per heavy atom. The second-order valence-electron chi connectivity index (χ2n) is 4.21. The van der Waals surface area contributed by atoms with Crippen LogP contribution in [0.3, 0.4) is 0 Å². The molecule has 5 nitrogen and oxygen atoms in total. The normalized spacial score (nSPS) is 11.4. The lowest BCUT2D eigenvalue weighted by atomic mass is 10.1. The van der Waals surface area contributed by atoms with E-state index in [1.165, 1.54) is 7.05 Å². The Morgan fingerprint density at radius 3 is 2.42 bits per heavy atom. The average molecular weight is 292 g/mol. The Morgan fingerprint density at radius 1 is 1.32 bits per heavy atom. The molecule has 0 aliphatic carbocycles. The lowest BCUT2D eigenvalue weighted by Gasteiger charge is -2.17. The van der Waals surface area contributed by atoms with Crippen LogP contribution in [0.25, 0.3) is 0 Å². The van der Waals surface area contributed by atoms with Crippen molar-refractivity contribution in [2.75, 3.05) is 31.3 Å². The summed E-state index contributed by atoms with van der Waals surface area (Å²) in [6.07, 6.45) is 1.03. The molecule has 2 N–H and O–H groups in total. The first kappa shape index (κ1) is 15.4. The summed E-state index contributed by atoms with van der Waals surface area (Å²) in [5, 5.41) is 0. The van der Waals surface area contributed by atoms with E-state index >= 15 is 0 Å². The number of hydrogen-bond acceptors (Lipinski definition) is 4. The van der Waals surface area contributed by atoms with Crippen molar-refractivity contribution in [1.82, 2.24) is 4.90 Å². The molecule has 0 unspecified atom stereocenters. The topological polar surface area (TPSA) is 80.5 Å². The molecule has 106 valence electrons. The summed E-state index contributed by atoms with van der Waals surface area (Å²) in [6, 6.07) is 1.41. The first-order valence-corrected chi connectivity index (χ1v) is 7.35. The number of anilines is 1. The van der Waals surface area contributed by atoms with Gasteiger partial charge in [0.2, 0.25) is 0 Å². The van der Waals surface area contributed by atoms with Gasteiger partial charge in [-0.05, 0) is 6.07 Å². The van der Waals surface area contributed by atoms with Gasteiger partial charge in [-0.25, -0.2) is 17.2 Å². The zero-order chi connectivity index (χ0) is 14.8. The van der Waals surface area contributed by atoms with Crippen LogP contribution in [0.15, 0.2) is 12.1 Å². The minimum Gasteiger partial charge on any atom is -0.396 e. The van der Waals surface area contributed by atoms with Crippen LogP contribution >= 0.6 is 0 Å². The number of rotatable bonds is 4. The van der Waals surface area contributed by atoms with E-state index in [1.807, 2.05) is 0 Å². The molecule has 8 heteroatoms. The van der Waals surface area contributed by atoms with Crippen molar-refractivity contribution >= 4 is 21.4 Å². The van der Waals surface area contributed by atoms with Crippen LogP contribution < -0.4 is 5.73 Å². The maximum absolute atomic E-state index is 13.5. The SMILES string of the molecule is CN(CCS(C)(=O)=O)C(=O)c1cc(N)c(F)cc1F. The maximum atomic E-state index is 13.5. The van der Waals surface area contributed by atoms with Crippen LogP contribution in [0.1, 0.15) is 10.4 Å². The number of halogens is 2. The zero-order valence-electron chi connectivity index (χ0n) is 10.5. The Hall–Kier alpha value is -1.70. The van der Waals surface area contributed by atoms with Gasteiger partial charge >= 0.3 is 0 Å². The van der Waals surface area contributed by atoms with Gasteiger partial charge in [0, 0.05) is 25.9 Å². The molecule has 0 atom stereocenters. The molecule has 1 aromatic carbocycles. The summed E-state index contributed by atoms with van der Waals surface area (Å²) in [6.45, 7) is -0.0889. The fraction of sp³-hybridized carbons (Fsp3) is 0.364. The molecule has 0 heterocycles. The summed E-state index contributed by atoms with van der Waals surface area (Å²) in [4.78, 5) is 12.9. The molecule has 0 bridgehead atoms. The van der Waals surface area contributed by atoms with Crippen LogP contribution in [0.5, 0.6) is 0 Å². The van der Waals surface area contributed by atoms with E-state index < -0.39 is 32.9 Å². The lowest BCUT2D eigenvalue weighted by molar-refractivity contribution is 0.0799. The van der Waals surface area contributed by atoms with Crippen molar-refractivity contribution in [3.8, 4) is 0 Å². The van der Waals surface area contributed by atoms with Gasteiger partial charge in [-0.2, -0.15) is 0 Å². The van der Waals surface area contributed by atoms with Crippen molar-refractivity contribution in [3.05, 3.63) is 29.3 Å². The van der Waals surface area contributed by atoms with Crippen LogP contribution in [-0.2, 0) is 9.84 Å². The maximum Gasteiger partial charge on any atom is 0.256 e. The number of nitrogen functional groups attached to an aromatic ring is 1. The number of carbonyl (C=O) groups excluding carboxylic acids is 1. The van der Waals surface area contributed by atoms with Crippen molar-refractivity contribution in [2.45, 2.75) is 0 Å². The van der Waals surface area contributed by atoms with Gasteiger partial charge in [-0.3, -0.25) is 4.79 Å². The molecule has 0 spiro atoms. The highest BCUT2D eigenvalue weighted by Crippen LogP contribution is 2.17. The Bertz CT molecular complexity index is 602. The molecular weight excluding hydrogens is 278 g/mol. The van der Waals surface area contributed by atoms with Crippen LogP contribution in [-0.4, -0.2) is 44.8 Å². The number of benzene rings is 1. The fourth-order valence-electron chi connectivity index (χ4n) is 1.34. The van der Waals surface area contributed by atoms with Crippen molar-refractivity contribution in [1.29, 1.82) is 0 Å². The van der Waals surface area contributed by atoms with E-state index in [0.29, 0.717) is 6.07 Å². The summed E-state index contributed by atoms with van der Waals surface area (Å²) >= 11 is 0. The first-order valence-electron chi connectivity index (χ1n) is 5.29. The minimum atomic E-state index is -3.23. The quantitative estimate of drug-likeness (QED) is 0.827. The van der Waals surface area contributed by atoms with Gasteiger partial charge in [0.25, 0.3) is 5.91 Å². The van der Waals surface area contributed by atoms with Gasteiger partial charge in [0.15, 0.2) is 0 Å². The number of hydrogen-bond donors (Lipinski definition) is 1. The number of amides is 1. The van der Waals surface area contributed by atoms with Crippen LogP contribution in [0.4, 0.5) is 14.5 Å². The van der Waals surface area contributed by atoms with Crippen LogP contribution in [0.2, 0.25) is 0 Å². The van der Waals surface area contributed by atoms with Crippen molar-refractivity contribution < 1.29 is 22.0 Å². The summed E-state index contributed by atoms with van der Waals surface area (Å²) in [7, 11) is -1.91. The molecule has 1 rings (SSSR count). The highest BCUT2D eigenvalue weighted by Gasteiger charge is 2.19. The molecule has 0 aliphatic rings. The summed E-state index contributed by atoms with van der Waals surface area (Å²) in [5.41, 5.74) is 4.52. The molecule has 0 saturated heterocycles. The molecule has 19 heavy (non-hydrogen) atoms. The Balaban J connectivity index is 2.91. The third kappa shape index (κ3) is 4.16. The molecule has 0 saturated carbocycles. The van der Waals surface area contributed by atoms with Gasteiger partial charge in [0.1, 0.15) is 21.5 Å². The fourth-order valence-corrected chi connectivity index (χ4v) is 1.95. The van der Waals surface area contributed by atoms with E-state index in [0.717, 1.165) is 17.2 Å². The Kier molecular flexibility index (Phi) is 4.46. The second kappa shape index (κ2) is 5.52. The molecule has 0 radical (unpaired) electrons. The highest BCUT2D eigenvalue weighted by atomic mass is 32.2. The number of nitrogens with two attached hydrogens (primary N) is 1. The molecule has 0 aliphatic heterocycles. The van der Waals surface area contributed by atoms with Gasteiger partial charge < -0.3 is 10.6 Å². The summed E-state index contributed by atoms with van der Waals surface area (Å²) in [5.74, 6) is -2.99. The van der Waals surface area contributed by atoms with Crippen molar-refractivity contribution in [2.24, 2.45) is 0 Å². The van der Waals surface area contributed by atoms with E-state index in [2.05, 4.69) is 0 Å². The van der Waals surface area contributed by atoms with E-state index in [4.69, 9.17) is 5.73 Å². The standard InChI is InChI=1S/C11H14F2N2O3S/c1-15(3-4-19(2,17)18)11(16)7-5-10(14)9(13)6-8(7)12/h5-6H,3-4,14H2,1-2H3. The van der Waals surface area contributed by atoms with Crippen molar-refractivity contribution in [3.63, 3.8) is 0 Å². The second-order valence-corrected chi connectivity index (χ2v) is 6.47. The van der Waals surface area contributed by atoms with E-state index in [1.54, 1.807) is 0 Å². The minimum absolute atomic E-state index is 0.0889. The number of nitrogens with zero attached hydrogens (tertiary/aromatic N) is 1. The van der Waals surface area contributed by atoms with Gasteiger partial charge in [0.05, 0.1) is 17.0 Å². The van der Waals surface area contributed by atoms with Gasteiger partial charge in [-0.15, -0.1) is 0 Å². The molecular formula is C11H14F2N2O3S. The first-order chi connectivity index (χ1) is 8.61. The zero-order valence-corrected chi connectivity index (χ0v) is 11.3. The molecule has 1 aromatic rings. The van der Waals surface area contributed by atoms with Gasteiger partial charge in [-0.1, -0.05) is 0 Å². The monoisotopic (exact) mass is 292 g/mol. The molecule has 0 aromatic heterocycles. The lowest BCUT2D eigenvalue weighted by Crippen LogP contribution is -2.32. The smallest absolute Gasteiger partial charge is 0.256 e. The number of carbonyl (C=O) groups is 1. The third-order valence-electron chi connectivity index (χ3n) is 2.46. The molecule has 0 fully saturated rings. The molecule has 1 amide bonds.